The van der Waals surface area contributed by atoms with Crippen molar-refractivity contribution >= 4 is 5.69 Å². The SMILES string of the molecule is COCCOC1C(N)CC1Oc1cccc([N+](=O)[O-])c1. The maximum atomic E-state index is 10.7. The lowest BCUT2D eigenvalue weighted by atomic mass is 9.86. The first kappa shape index (κ1) is 14.7. The van der Waals surface area contributed by atoms with E-state index >= 15 is 0 Å². The molecule has 7 heteroatoms. The molecule has 0 saturated heterocycles. The Bertz CT molecular complexity index is 468. The van der Waals surface area contributed by atoms with Gasteiger partial charge in [-0.1, -0.05) is 6.07 Å². The maximum Gasteiger partial charge on any atom is 0.273 e. The summed E-state index contributed by atoms with van der Waals surface area (Å²) < 4.78 is 16.2. The molecule has 1 aromatic carbocycles. The van der Waals surface area contributed by atoms with Crippen LogP contribution in [0.4, 0.5) is 5.69 Å². The Hall–Kier alpha value is -1.70. The van der Waals surface area contributed by atoms with Gasteiger partial charge in [-0.25, -0.2) is 0 Å². The number of rotatable bonds is 7. The lowest BCUT2D eigenvalue weighted by Crippen LogP contribution is -2.59. The van der Waals surface area contributed by atoms with Gasteiger partial charge in [0.25, 0.3) is 5.69 Å². The van der Waals surface area contributed by atoms with Crippen LogP contribution in [0.5, 0.6) is 5.75 Å². The second kappa shape index (κ2) is 6.65. The lowest BCUT2D eigenvalue weighted by Gasteiger charge is -2.41. The third-order valence-electron chi connectivity index (χ3n) is 3.21. The quantitative estimate of drug-likeness (QED) is 0.457. The van der Waals surface area contributed by atoms with Crippen LogP contribution in [0.15, 0.2) is 24.3 Å². The Kier molecular flexibility index (Phi) is 4.89. The molecule has 20 heavy (non-hydrogen) atoms. The van der Waals surface area contributed by atoms with Gasteiger partial charge in [-0.2, -0.15) is 0 Å². The van der Waals surface area contributed by atoms with Gasteiger partial charge >= 0.3 is 0 Å². The van der Waals surface area contributed by atoms with Crippen molar-refractivity contribution < 1.29 is 19.1 Å². The number of nitrogens with two attached hydrogens (primary N) is 1. The molecular weight excluding hydrogens is 264 g/mol. The molecule has 0 amide bonds. The molecule has 1 aliphatic carbocycles. The molecule has 7 nitrogen and oxygen atoms in total. The van der Waals surface area contributed by atoms with Gasteiger partial charge in [-0.3, -0.25) is 10.1 Å². The molecule has 0 radical (unpaired) electrons. The van der Waals surface area contributed by atoms with Gasteiger partial charge in [0.2, 0.25) is 0 Å². The Morgan fingerprint density at radius 1 is 1.45 bits per heavy atom. The van der Waals surface area contributed by atoms with Crippen LogP contribution < -0.4 is 10.5 Å². The van der Waals surface area contributed by atoms with Gasteiger partial charge in [-0.15, -0.1) is 0 Å². The summed E-state index contributed by atoms with van der Waals surface area (Å²) in [6.07, 6.45) is 0.286. The lowest BCUT2D eigenvalue weighted by molar-refractivity contribution is -0.385. The highest BCUT2D eigenvalue weighted by atomic mass is 16.6. The summed E-state index contributed by atoms with van der Waals surface area (Å²) in [7, 11) is 1.60. The van der Waals surface area contributed by atoms with E-state index in [1.54, 1.807) is 19.2 Å². The highest BCUT2D eigenvalue weighted by Crippen LogP contribution is 2.29. The highest BCUT2D eigenvalue weighted by Gasteiger charge is 2.41. The molecule has 1 fully saturated rings. The van der Waals surface area contributed by atoms with Gasteiger partial charge in [0.1, 0.15) is 18.0 Å². The average molecular weight is 282 g/mol. The molecule has 0 bridgehead atoms. The first-order valence-electron chi connectivity index (χ1n) is 6.39. The summed E-state index contributed by atoms with van der Waals surface area (Å²) >= 11 is 0. The number of nitro groups is 1. The molecule has 110 valence electrons. The molecule has 0 aromatic heterocycles. The van der Waals surface area contributed by atoms with Crippen molar-refractivity contribution in [2.45, 2.75) is 24.7 Å². The van der Waals surface area contributed by atoms with Crippen LogP contribution in [0.3, 0.4) is 0 Å². The van der Waals surface area contributed by atoms with Crippen LogP contribution in [0.25, 0.3) is 0 Å². The van der Waals surface area contributed by atoms with Crippen molar-refractivity contribution in [2.24, 2.45) is 5.73 Å². The zero-order valence-electron chi connectivity index (χ0n) is 11.2. The van der Waals surface area contributed by atoms with Crippen LogP contribution in [0, 0.1) is 10.1 Å². The Balaban J connectivity index is 1.92. The fraction of sp³-hybridized carbons (Fsp3) is 0.538. The molecule has 1 saturated carbocycles. The standard InChI is InChI=1S/C13H18N2O5/c1-18-5-6-19-13-11(14)8-12(13)20-10-4-2-3-9(7-10)15(16)17/h2-4,7,11-13H,5-6,8,14H2,1H3. The van der Waals surface area contributed by atoms with Crippen molar-refractivity contribution in [1.29, 1.82) is 0 Å². The number of hydrogen-bond donors (Lipinski definition) is 1. The molecule has 0 aliphatic heterocycles. The molecule has 2 N–H and O–H groups in total. The van der Waals surface area contributed by atoms with E-state index in [9.17, 15) is 10.1 Å². The van der Waals surface area contributed by atoms with Gasteiger partial charge < -0.3 is 19.9 Å². The van der Waals surface area contributed by atoms with E-state index in [-0.39, 0.29) is 23.9 Å². The second-order valence-electron chi connectivity index (χ2n) is 4.64. The summed E-state index contributed by atoms with van der Waals surface area (Å²) in [6, 6.07) is 6.02. The second-order valence-corrected chi connectivity index (χ2v) is 4.64. The van der Waals surface area contributed by atoms with Crippen molar-refractivity contribution in [2.75, 3.05) is 20.3 Å². The van der Waals surface area contributed by atoms with E-state index < -0.39 is 4.92 Å². The van der Waals surface area contributed by atoms with Crippen LogP contribution in [0.1, 0.15) is 6.42 Å². The molecular formula is C13H18N2O5. The summed E-state index contributed by atoms with van der Waals surface area (Å²) in [5.41, 5.74) is 5.88. The van der Waals surface area contributed by atoms with Crippen molar-refractivity contribution in [1.82, 2.24) is 0 Å². The third-order valence-corrected chi connectivity index (χ3v) is 3.21. The third kappa shape index (κ3) is 3.44. The first-order chi connectivity index (χ1) is 9.61. The maximum absolute atomic E-state index is 10.7. The van der Waals surface area contributed by atoms with Crippen LogP contribution >= 0.6 is 0 Å². The summed E-state index contributed by atoms with van der Waals surface area (Å²) in [5, 5.41) is 10.7. The Morgan fingerprint density at radius 2 is 2.25 bits per heavy atom. The number of methoxy groups -OCH3 is 1. The molecule has 0 spiro atoms. The van der Waals surface area contributed by atoms with E-state index in [1.165, 1.54) is 12.1 Å². The normalized spacial score (nSPS) is 25.0. The number of nitro benzene ring substituents is 1. The molecule has 3 unspecified atom stereocenters. The van der Waals surface area contributed by atoms with E-state index in [0.29, 0.717) is 25.4 Å². The van der Waals surface area contributed by atoms with Crippen molar-refractivity contribution in [3.05, 3.63) is 34.4 Å². The zero-order chi connectivity index (χ0) is 14.5. The Labute approximate surface area is 116 Å². The molecule has 2 rings (SSSR count). The number of benzene rings is 1. The van der Waals surface area contributed by atoms with Crippen molar-refractivity contribution in [3.8, 4) is 5.75 Å². The summed E-state index contributed by atoms with van der Waals surface area (Å²) in [4.78, 5) is 10.3. The summed E-state index contributed by atoms with van der Waals surface area (Å²) in [5.74, 6) is 0.455. The molecule has 3 atom stereocenters. The number of non-ortho nitro benzene ring substituents is 1. The minimum Gasteiger partial charge on any atom is -0.487 e. The zero-order valence-corrected chi connectivity index (χ0v) is 11.2. The summed E-state index contributed by atoms with van der Waals surface area (Å²) in [6.45, 7) is 0.941. The van der Waals surface area contributed by atoms with Crippen LogP contribution in [-0.2, 0) is 9.47 Å². The van der Waals surface area contributed by atoms with Crippen LogP contribution in [0.2, 0.25) is 0 Å². The molecule has 0 heterocycles. The topological polar surface area (TPSA) is 96.9 Å². The van der Waals surface area contributed by atoms with E-state index in [1.807, 2.05) is 0 Å². The monoisotopic (exact) mass is 282 g/mol. The van der Waals surface area contributed by atoms with Crippen molar-refractivity contribution in [3.63, 3.8) is 0 Å². The molecule has 1 aromatic rings. The van der Waals surface area contributed by atoms with Gasteiger partial charge in [0, 0.05) is 25.6 Å². The van der Waals surface area contributed by atoms with E-state index in [4.69, 9.17) is 19.9 Å². The largest absolute Gasteiger partial charge is 0.487 e. The highest BCUT2D eigenvalue weighted by molar-refractivity contribution is 5.38. The fourth-order valence-corrected chi connectivity index (χ4v) is 2.08. The predicted molar refractivity (Wildman–Crippen MR) is 71.7 cm³/mol. The Morgan fingerprint density at radius 3 is 2.90 bits per heavy atom. The van der Waals surface area contributed by atoms with E-state index in [0.717, 1.165) is 0 Å². The minimum atomic E-state index is -0.452. The van der Waals surface area contributed by atoms with E-state index in [2.05, 4.69) is 0 Å². The average Bonchev–Trinajstić information content (AvgIpc) is 2.43. The number of ether oxygens (including phenoxy) is 3. The van der Waals surface area contributed by atoms with Gasteiger partial charge in [0.05, 0.1) is 24.2 Å². The predicted octanol–water partition coefficient (Wildman–Crippen LogP) is 1.10. The number of nitrogens with zero attached hydrogens (tertiary/aromatic N) is 1. The first-order valence-corrected chi connectivity index (χ1v) is 6.39. The smallest absolute Gasteiger partial charge is 0.273 e. The van der Waals surface area contributed by atoms with Crippen LogP contribution in [-0.4, -0.2) is 43.5 Å². The fourth-order valence-electron chi connectivity index (χ4n) is 2.08. The number of hydrogen-bond acceptors (Lipinski definition) is 6. The van der Waals surface area contributed by atoms with Gasteiger partial charge in [-0.05, 0) is 6.07 Å². The minimum absolute atomic E-state index is 0.00275. The van der Waals surface area contributed by atoms with Gasteiger partial charge in [0.15, 0.2) is 0 Å². The molecule has 1 aliphatic rings.